The van der Waals surface area contributed by atoms with Crippen molar-refractivity contribution in [3.05, 3.63) is 51.7 Å². The second kappa shape index (κ2) is 6.37. The predicted octanol–water partition coefficient (Wildman–Crippen LogP) is 2.42. The van der Waals surface area contributed by atoms with Crippen LogP contribution in [-0.4, -0.2) is 19.3 Å². The zero-order chi connectivity index (χ0) is 16.3. The number of aryl methyl sites for hydroxylation is 2. The highest BCUT2D eigenvalue weighted by molar-refractivity contribution is 7.90. The van der Waals surface area contributed by atoms with Gasteiger partial charge in [-0.3, -0.25) is 9.78 Å². The molecule has 22 heavy (non-hydrogen) atoms. The molecule has 0 aliphatic heterocycles. The molecule has 2 rings (SSSR count). The highest BCUT2D eigenvalue weighted by atomic mass is 32.2. The van der Waals surface area contributed by atoms with Gasteiger partial charge in [0, 0.05) is 22.0 Å². The minimum absolute atomic E-state index is 0.0872. The molecule has 8 heteroatoms. The Labute approximate surface area is 131 Å². The van der Waals surface area contributed by atoms with Crippen LogP contribution in [-0.2, 0) is 14.8 Å². The third-order valence-corrected chi connectivity index (χ3v) is 5.24. The molecule has 0 saturated heterocycles. The summed E-state index contributed by atoms with van der Waals surface area (Å²) in [6, 6.07) is 2.69. The lowest BCUT2D eigenvalue weighted by molar-refractivity contribution is -0.114. The Hall–Kier alpha value is -2.06. The topological polar surface area (TPSA) is 76.1 Å². The number of aromatic nitrogens is 1. The van der Waals surface area contributed by atoms with Crippen molar-refractivity contribution < 1.29 is 17.6 Å². The molecule has 0 atom stereocenters. The van der Waals surface area contributed by atoms with Crippen LogP contribution in [0.4, 0.5) is 4.39 Å². The number of hydrogen-bond acceptors (Lipinski definition) is 5. The van der Waals surface area contributed by atoms with E-state index in [0.717, 1.165) is 17.2 Å². The van der Waals surface area contributed by atoms with Crippen molar-refractivity contribution in [2.75, 3.05) is 0 Å². The third-order valence-electron chi connectivity index (χ3n) is 2.67. The first-order valence-electron chi connectivity index (χ1n) is 6.20. The largest absolute Gasteiger partial charge is 0.269 e. The number of nitrogens with one attached hydrogen (secondary N) is 1. The number of hydrogen-bond donors (Lipinski definition) is 1. The molecule has 1 amide bonds. The third kappa shape index (κ3) is 3.99. The van der Waals surface area contributed by atoms with Gasteiger partial charge in [-0.25, -0.2) is 17.5 Å². The standard InChI is InChI=1S/C14H13FN2O3S2/c1-9-5-13(10(2)21-9)22(19,20)17-14(18)4-3-11-6-12(15)8-16-7-11/h3-8H,1-2H3,(H,17,18). The van der Waals surface area contributed by atoms with E-state index in [2.05, 4.69) is 4.98 Å². The van der Waals surface area contributed by atoms with Gasteiger partial charge >= 0.3 is 0 Å². The van der Waals surface area contributed by atoms with E-state index in [1.807, 2.05) is 4.72 Å². The van der Waals surface area contributed by atoms with Crippen LogP contribution in [0, 0.1) is 19.7 Å². The molecule has 2 aromatic heterocycles. The van der Waals surface area contributed by atoms with E-state index in [4.69, 9.17) is 0 Å². The molecule has 0 aliphatic carbocycles. The Kier molecular flexibility index (Phi) is 4.72. The minimum atomic E-state index is -3.91. The lowest BCUT2D eigenvalue weighted by Crippen LogP contribution is -2.29. The van der Waals surface area contributed by atoms with Crippen LogP contribution in [0.2, 0.25) is 0 Å². The first kappa shape index (κ1) is 16.3. The zero-order valence-electron chi connectivity index (χ0n) is 11.8. The molecule has 0 unspecified atom stereocenters. The number of pyridine rings is 1. The van der Waals surface area contributed by atoms with Gasteiger partial charge in [-0.2, -0.15) is 0 Å². The van der Waals surface area contributed by atoms with Gasteiger partial charge in [-0.05, 0) is 37.6 Å². The average molecular weight is 340 g/mol. The van der Waals surface area contributed by atoms with Crippen molar-refractivity contribution in [2.45, 2.75) is 18.7 Å². The van der Waals surface area contributed by atoms with E-state index < -0.39 is 21.7 Å². The van der Waals surface area contributed by atoms with E-state index in [-0.39, 0.29) is 4.90 Å². The van der Waals surface area contributed by atoms with Crippen molar-refractivity contribution in [3.8, 4) is 0 Å². The summed E-state index contributed by atoms with van der Waals surface area (Å²) in [6.45, 7) is 3.46. The smallest absolute Gasteiger partial charge is 0.265 e. The van der Waals surface area contributed by atoms with Crippen molar-refractivity contribution in [2.24, 2.45) is 0 Å². The number of halogens is 1. The van der Waals surface area contributed by atoms with Gasteiger partial charge in [-0.15, -0.1) is 11.3 Å². The molecular weight excluding hydrogens is 327 g/mol. The van der Waals surface area contributed by atoms with Crippen LogP contribution in [0.25, 0.3) is 6.08 Å². The van der Waals surface area contributed by atoms with Crippen LogP contribution >= 0.6 is 11.3 Å². The van der Waals surface area contributed by atoms with E-state index in [1.165, 1.54) is 35.7 Å². The molecule has 5 nitrogen and oxygen atoms in total. The van der Waals surface area contributed by atoms with Gasteiger partial charge in [0.2, 0.25) is 0 Å². The summed E-state index contributed by atoms with van der Waals surface area (Å²) in [5.74, 6) is -1.35. The lowest BCUT2D eigenvalue weighted by atomic mass is 10.2. The molecule has 0 aromatic carbocycles. The number of carbonyl (C=O) groups excluding carboxylic acids is 1. The molecule has 0 saturated carbocycles. The molecule has 0 radical (unpaired) electrons. The summed E-state index contributed by atoms with van der Waals surface area (Å²) in [5, 5.41) is 0. The Morgan fingerprint density at radius 1 is 1.32 bits per heavy atom. The molecule has 0 spiro atoms. The van der Waals surface area contributed by atoms with Crippen LogP contribution < -0.4 is 4.72 Å². The SMILES string of the molecule is Cc1cc(S(=O)(=O)NC(=O)C=Cc2cncc(F)c2)c(C)s1. The van der Waals surface area contributed by atoms with Crippen LogP contribution in [0.1, 0.15) is 15.3 Å². The maximum Gasteiger partial charge on any atom is 0.265 e. The van der Waals surface area contributed by atoms with Gasteiger partial charge in [0.15, 0.2) is 0 Å². The Balaban J connectivity index is 2.13. The van der Waals surface area contributed by atoms with Crippen molar-refractivity contribution >= 4 is 33.3 Å². The highest BCUT2D eigenvalue weighted by Gasteiger charge is 2.20. The van der Waals surface area contributed by atoms with Crippen LogP contribution in [0.5, 0.6) is 0 Å². The number of sulfonamides is 1. The number of amides is 1. The number of nitrogens with zero attached hydrogens (tertiary/aromatic N) is 1. The predicted molar refractivity (Wildman–Crippen MR) is 82.4 cm³/mol. The number of thiophene rings is 1. The fourth-order valence-corrected chi connectivity index (χ4v) is 4.29. The fourth-order valence-electron chi connectivity index (χ4n) is 1.79. The van der Waals surface area contributed by atoms with Gasteiger partial charge in [0.25, 0.3) is 15.9 Å². The number of rotatable bonds is 4. The van der Waals surface area contributed by atoms with Crippen molar-refractivity contribution in [1.82, 2.24) is 9.71 Å². The quantitative estimate of drug-likeness (QED) is 0.867. The summed E-state index contributed by atoms with van der Waals surface area (Å²) in [5.41, 5.74) is 0.357. The monoisotopic (exact) mass is 340 g/mol. The van der Waals surface area contributed by atoms with Gasteiger partial charge < -0.3 is 0 Å². The van der Waals surface area contributed by atoms with Gasteiger partial charge in [0.1, 0.15) is 10.7 Å². The summed E-state index contributed by atoms with van der Waals surface area (Å²) in [6.07, 6.45) is 4.69. The molecule has 1 N–H and O–H groups in total. The molecule has 116 valence electrons. The molecular formula is C14H13FN2O3S2. The summed E-state index contributed by atoms with van der Waals surface area (Å²) in [4.78, 5) is 16.9. The second-order valence-electron chi connectivity index (χ2n) is 4.52. The van der Waals surface area contributed by atoms with E-state index in [0.29, 0.717) is 10.4 Å². The van der Waals surface area contributed by atoms with E-state index >= 15 is 0 Å². The van der Waals surface area contributed by atoms with Crippen molar-refractivity contribution in [1.29, 1.82) is 0 Å². The normalized spacial score (nSPS) is 11.8. The fraction of sp³-hybridized carbons (Fsp3) is 0.143. The first-order chi connectivity index (χ1) is 10.3. The zero-order valence-corrected chi connectivity index (χ0v) is 13.5. The number of carbonyl (C=O) groups is 1. The molecule has 0 bridgehead atoms. The Morgan fingerprint density at radius 3 is 2.64 bits per heavy atom. The van der Waals surface area contributed by atoms with E-state index in [9.17, 15) is 17.6 Å². The minimum Gasteiger partial charge on any atom is -0.269 e. The average Bonchev–Trinajstić information content (AvgIpc) is 2.76. The second-order valence-corrected chi connectivity index (χ2v) is 7.63. The molecule has 0 aliphatic rings. The summed E-state index contributed by atoms with van der Waals surface area (Å²) >= 11 is 1.34. The highest BCUT2D eigenvalue weighted by Crippen LogP contribution is 2.24. The summed E-state index contributed by atoms with van der Waals surface area (Å²) < 4.78 is 39.1. The maximum absolute atomic E-state index is 12.9. The summed E-state index contributed by atoms with van der Waals surface area (Å²) in [7, 11) is -3.91. The first-order valence-corrected chi connectivity index (χ1v) is 8.50. The van der Waals surface area contributed by atoms with Gasteiger partial charge in [-0.1, -0.05) is 0 Å². The Morgan fingerprint density at radius 2 is 2.05 bits per heavy atom. The van der Waals surface area contributed by atoms with Gasteiger partial charge in [0.05, 0.1) is 6.20 Å². The molecule has 2 aromatic rings. The maximum atomic E-state index is 12.9. The van der Waals surface area contributed by atoms with Crippen LogP contribution in [0.3, 0.4) is 0 Å². The molecule has 2 heterocycles. The van der Waals surface area contributed by atoms with Crippen LogP contribution in [0.15, 0.2) is 35.5 Å². The van der Waals surface area contributed by atoms with Crippen molar-refractivity contribution in [3.63, 3.8) is 0 Å². The van der Waals surface area contributed by atoms with E-state index in [1.54, 1.807) is 13.8 Å². The molecule has 0 fully saturated rings. The lowest BCUT2D eigenvalue weighted by Gasteiger charge is -2.03. The Bertz CT molecular complexity index is 842.